The van der Waals surface area contributed by atoms with Gasteiger partial charge in [-0.05, 0) is 98.9 Å². The molecule has 0 bridgehead atoms. The smallest absolute Gasteiger partial charge is 0.328 e. The Morgan fingerprint density at radius 3 is 2.49 bits per heavy atom. The Morgan fingerprint density at radius 1 is 1.05 bits per heavy atom. The number of carbonyl (C=O) groups excluding carboxylic acids is 2. The number of hydrogen-bond acceptors (Lipinski definition) is 5. The number of hydrogen-bond donors (Lipinski definition) is 1. The molecule has 1 amide bonds. The predicted octanol–water partition coefficient (Wildman–Crippen LogP) is 7.05. The van der Waals surface area contributed by atoms with Crippen LogP contribution in [0, 0.1) is 6.92 Å². The molecule has 0 saturated heterocycles. The minimum Gasteiger partial charge on any atom is -0.467 e. The fourth-order valence-electron chi connectivity index (χ4n) is 5.68. The van der Waals surface area contributed by atoms with Gasteiger partial charge in [-0.25, -0.2) is 4.79 Å². The van der Waals surface area contributed by atoms with Gasteiger partial charge in [0.25, 0.3) is 5.91 Å². The Kier molecular flexibility index (Phi) is 13.4. The topological polar surface area (TPSA) is 58.6 Å². The van der Waals surface area contributed by atoms with E-state index in [0.717, 1.165) is 47.9 Å². The normalized spacial score (nSPS) is 14.8. The van der Waals surface area contributed by atoms with E-state index in [1.54, 1.807) is 11.8 Å². The van der Waals surface area contributed by atoms with Crippen LogP contribution in [0.15, 0.2) is 42.5 Å². The molecule has 1 saturated carbocycles. The van der Waals surface area contributed by atoms with E-state index in [1.807, 2.05) is 24.5 Å². The van der Waals surface area contributed by atoms with Crippen molar-refractivity contribution >= 4 is 23.6 Å². The van der Waals surface area contributed by atoms with Crippen molar-refractivity contribution in [2.45, 2.75) is 90.1 Å². The summed E-state index contributed by atoms with van der Waals surface area (Å²) in [7, 11) is 1.37. The van der Waals surface area contributed by atoms with Gasteiger partial charge < -0.3 is 15.0 Å². The third kappa shape index (κ3) is 9.39. The molecule has 3 rings (SSSR count). The quantitative estimate of drug-likeness (QED) is 0.240. The van der Waals surface area contributed by atoms with Gasteiger partial charge >= 0.3 is 5.97 Å². The van der Waals surface area contributed by atoms with Crippen LogP contribution >= 0.6 is 11.8 Å². The molecule has 0 unspecified atom stereocenters. The summed E-state index contributed by atoms with van der Waals surface area (Å²) < 4.78 is 4.96. The maximum atomic E-state index is 13.5. The van der Waals surface area contributed by atoms with Crippen LogP contribution in [0.25, 0.3) is 11.1 Å². The Morgan fingerprint density at radius 2 is 1.79 bits per heavy atom. The first-order valence-electron chi connectivity index (χ1n) is 14.8. The van der Waals surface area contributed by atoms with Gasteiger partial charge in [-0.15, -0.1) is 0 Å². The summed E-state index contributed by atoms with van der Waals surface area (Å²) in [6.07, 6.45) is 13.9. The zero-order valence-corrected chi connectivity index (χ0v) is 25.3. The van der Waals surface area contributed by atoms with Gasteiger partial charge in [0.15, 0.2) is 0 Å². The molecule has 1 fully saturated rings. The zero-order valence-electron chi connectivity index (χ0n) is 24.5. The fraction of sp³-hybridized carbons (Fsp3) is 0.576. The number of carbonyl (C=O) groups is 2. The number of rotatable bonds is 15. The van der Waals surface area contributed by atoms with Gasteiger partial charge in [0.1, 0.15) is 6.04 Å². The lowest BCUT2D eigenvalue weighted by Crippen LogP contribution is -2.42. The number of nitrogens with zero attached hydrogens (tertiary/aromatic N) is 1. The molecular formula is C33H48N2O3S. The Hall–Kier alpha value is -2.31. The average molecular weight is 553 g/mol. The van der Waals surface area contributed by atoms with Crippen molar-refractivity contribution in [3.05, 3.63) is 59.2 Å². The van der Waals surface area contributed by atoms with Gasteiger partial charge in [0.2, 0.25) is 0 Å². The highest BCUT2D eigenvalue weighted by atomic mass is 32.2. The molecule has 2 aromatic carbocycles. The molecule has 1 N–H and O–H groups in total. The molecule has 1 atom stereocenters. The Labute approximate surface area is 240 Å². The van der Waals surface area contributed by atoms with E-state index in [9.17, 15) is 9.59 Å². The largest absolute Gasteiger partial charge is 0.467 e. The molecule has 2 aromatic rings. The number of aryl methyl sites for hydroxylation is 2. The summed E-state index contributed by atoms with van der Waals surface area (Å²) in [6, 6.07) is 14.5. The van der Waals surface area contributed by atoms with Gasteiger partial charge in [0, 0.05) is 11.6 Å². The molecule has 1 aliphatic rings. The maximum absolute atomic E-state index is 13.5. The number of benzene rings is 2. The molecule has 0 aromatic heterocycles. The number of unbranched alkanes of at least 4 members (excludes halogenated alkanes) is 1. The minimum atomic E-state index is -0.659. The van der Waals surface area contributed by atoms with E-state index < -0.39 is 12.0 Å². The zero-order chi connectivity index (χ0) is 28.0. The van der Waals surface area contributed by atoms with Gasteiger partial charge in [-0.2, -0.15) is 11.8 Å². The molecule has 0 aliphatic heterocycles. The molecule has 0 spiro atoms. The van der Waals surface area contributed by atoms with E-state index >= 15 is 0 Å². The number of amides is 1. The Bertz CT molecular complexity index is 1050. The van der Waals surface area contributed by atoms with E-state index in [4.69, 9.17) is 4.74 Å². The summed E-state index contributed by atoms with van der Waals surface area (Å²) >= 11 is 1.64. The average Bonchev–Trinajstić information content (AvgIpc) is 2.97. The number of methoxy groups -OCH3 is 1. The van der Waals surface area contributed by atoms with E-state index in [2.05, 4.69) is 48.3 Å². The van der Waals surface area contributed by atoms with Gasteiger partial charge in [-0.1, -0.05) is 69.0 Å². The monoisotopic (exact) mass is 552 g/mol. The SMILES string of the molecule is CCCCN(CCCc1ccc(C(=O)N[C@@H](CCSC)C(=O)OC)c(-c2ccccc2C)c1)C1CCCCC1. The van der Waals surface area contributed by atoms with Crippen LogP contribution in [0.1, 0.15) is 86.2 Å². The summed E-state index contributed by atoms with van der Waals surface area (Å²) in [6.45, 7) is 6.69. The van der Waals surface area contributed by atoms with Crippen LogP contribution in [0.2, 0.25) is 0 Å². The van der Waals surface area contributed by atoms with Gasteiger partial charge in [-0.3, -0.25) is 4.79 Å². The van der Waals surface area contributed by atoms with Crippen LogP contribution in [-0.4, -0.2) is 61.1 Å². The summed E-state index contributed by atoms with van der Waals surface area (Å²) in [5.74, 6) is 0.121. The maximum Gasteiger partial charge on any atom is 0.328 e. The van der Waals surface area contributed by atoms with E-state index in [1.165, 1.54) is 64.2 Å². The van der Waals surface area contributed by atoms with Crippen molar-refractivity contribution in [2.75, 3.05) is 32.2 Å². The third-order valence-corrected chi connectivity index (χ3v) is 8.61. The summed E-state index contributed by atoms with van der Waals surface area (Å²) in [5.41, 5.74) is 4.94. The molecule has 1 aliphatic carbocycles. The van der Waals surface area contributed by atoms with E-state index in [0.29, 0.717) is 12.0 Å². The van der Waals surface area contributed by atoms with Crippen molar-refractivity contribution in [2.24, 2.45) is 0 Å². The van der Waals surface area contributed by atoms with Crippen molar-refractivity contribution < 1.29 is 14.3 Å². The van der Waals surface area contributed by atoms with Crippen LogP contribution in [-0.2, 0) is 16.0 Å². The number of ether oxygens (including phenoxy) is 1. The van der Waals surface area contributed by atoms with Crippen molar-refractivity contribution in [1.82, 2.24) is 10.2 Å². The lowest BCUT2D eigenvalue weighted by atomic mass is 9.92. The van der Waals surface area contributed by atoms with Gasteiger partial charge in [0.05, 0.1) is 7.11 Å². The van der Waals surface area contributed by atoms with Crippen LogP contribution in [0.3, 0.4) is 0 Å². The first-order valence-corrected chi connectivity index (χ1v) is 16.2. The summed E-state index contributed by atoms with van der Waals surface area (Å²) in [5, 5.41) is 2.95. The standard InChI is InChI=1S/C33H48N2O3S/c1-5-6-21-35(27-15-8-7-9-16-27)22-12-14-26-18-19-29(30(24-26)28-17-11-10-13-25(28)2)32(36)34-31(20-23-39-4)33(37)38-3/h10-11,13,17-19,24,27,31H,5-9,12,14-16,20-23H2,1-4H3,(H,34,36)/t31-/m0/s1. The van der Waals surface area contributed by atoms with Crippen LogP contribution in [0.4, 0.5) is 0 Å². The first-order chi connectivity index (χ1) is 19.0. The van der Waals surface area contributed by atoms with Crippen molar-refractivity contribution in [3.63, 3.8) is 0 Å². The first kappa shape index (κ1) is 31.2. The molecule has 0 heterocycles. The van der Waals surface area contributed by atoms with E-state index in [-0.39, 0.29) is 5.91 Å². The lowest BCUT2D eigenvalue weighted by molar-refractivity contribution is -0.142. The second-order valence-corrected chi connectivity index (χ2v) is 11.8. The highest BCUT2D eigenvalue weighted by Crippen LogP contribution is 2.29. The third-order valence-electron chi connectivity index (χ3n) is 7.97. The molecule has 214 valence electrons. The van der Waals surface area contributed by atoms with Crippen molar-refractivity contribution in [1.29, 1.82) is 0 Å². The number of nitrogens with one attached hydrogen (secondary N) is 1. The Balaban J connectivity index is 1.79. The molecule has 0 radical (unpaired) electrons. The number of thioether (sulfide) groups is 1. The second kappa shape index (κ2) is 16.7. The van der Waals surface area contributed by atoms with Crippen LogP contribution in [0.5, 0.6) is 0 Å². The summed E-state index contributed by atoms with van der Waals surface area (Å²) in [4.78, 5) is 28.6. The predicted molar refractivity (Wildman–Crippen MR) is 165 cm³/mol. The molecule has 6 heteroatoms. The molecule has 39 heavy (non-hydrogen) atoms. The van der Waals surface area contributed by atoms with Crippen molar-refractivity contribution in [3.8, 4) is 11.1 Å². The molecule has 5 nitrogen and oxygen atoms in total. The number of esters is 1. The lowest BCUT2D eigenvalue weighted by Gasteiger charge is -2.34. The highest BCUT2D eigenvalue weighted by molar-refractivity contribution is 7.98. The fourth-order valence-corrected chi connectivity index (χ4v) is 6.15. The minimum absolute atomic E-state index is 0.237. The highest BCUT2D eigenvalue weighted by Gasteiger charge is 2.24. The van der Waals surface area contributed by atoms with Crippen LogP contribution < -0.4 is 5.32 Å². The molecular weight excluding hydrogens is 504 g/mol. The second-order valence-electron chi connectivity index (χ2n) is 10.8.